The first-order valence-electron chi connectivity index (χ1n) is 4.65. The Bertz CT molecular complexity index is 382. The van der Waals surface area contributed by atoms with Crippen molar-refractivity contribution in [3.8, 4) is 5.75 Å². The van der Waals surface area contributed by atoms with Crippen LogP contribution in [-0.2, 0) is 4.79 Å². The van der Waals surface area contributed by atoms with Crippen LogP contribution in [0.5, 0.6) is 5.75 Å². The number of hydrogen-bond acceptors (Lipinski definition) is 2. The second kappa shape index (κ2) is 5.19. The summed E-state index contributed by atoms with van der Waals surface area (Å²) < 4.78 is 7.11. The SMILES string of the molecule is CC(C)(COc1c(Br)cccc1Br)C(=O)O. The zero-order valence-corrected chi connectivity index (χ0v) is 12.1. The molecular formula is C11H12Br2O3. The smallest absolute Gasteiger partial charge is 0.312 e. The molecule has 0 bridgehead atoms. The summed E-state index contributed by atoms with van der Waals surface area (Å²) in [6.45, 7) is 3.36. The van der Waals surface area contributed by atoms with Gasteiger partial charge in [-0.2, -0.15) is 0 Å². The lowest BCUT2D eigenvalue weighted by atomic mass is 9.95. The Kier molecular flexibility index (Phi) is 4.38. The largest absolute Gasteiger partial charge is 0.490 e. The molecule has 1 rings (SSSR count). The Morgan fingerprint density at radius 3 is 2.31 bits per heavy atom. The van der Waals surface area contributed by atoms with Gasteiger partial charge in [0.1, 0.15) is 12.4 Å². The Labute approximate surface area is 111 Å². The first kappa shape index (κ1) is 13.5. The van der Waals surface area contributed by atoms with Gasteiger partial charge in [-0.25, -0.2) is 0 Å². The van der Waals surface area contributed by atoms with Gasteiger partial charge in [0, 0.05) is 0 Å². The second-order valence-corrected chi connectivity index (χ2v) is 5.74. The quantitative estimate of drug-likeness (QED) is 0.899. The predicted molar refractivity (Wildman–Crippen MR) is 68.8 cm³/mol. The fraction of sp³-hybridized carbons (Fsp3) is 0.364. The molecule has 0 spiro atoms. The number of rotatable bonds is 4. The summed E-state index contributed by atoms with van der Waals surface area (Å²) in [6.07, 6.45) is 0. The molecule has 0 saturated carbocycles. The van der Waals surface area contributed by atoms with Gasteiger partial charge in [-0.15, -0.1) is 0 Å². The summed E-state index contributed by atoms with van der Waals surface area (Å²) in [5, 5.41) is 8.95. The number of halogens is 2. The Morgan fingerprint density at radius 1 is 1.38 bits per heavy atom. The molecule has 1 aromatic carbocycles. The van der Waals surface area contributed by atoms with E-state index in [0.29, 0.717) is 5.75 Å². The summed E-state index contributed by atoms with van der Waals surface area (Å²) in [4.78, 5) is 10.9. The number of para-hydroxylation sites is 1. The molecule has 0 radical (unpaired) electrons. The van der Waals surface area contributed by atoms with Gasteiger partial charge in [0.25, 0.3) is 0 Å². The van der Waals surface area contributed by atoms with E-state index in [2.05, 4.69) is 31.9 Å². The van der Waals surface area contributed by atoms with E-state index in [-0.39, 0.29) is 6.61 Å². The first-order valence-corrected chi connectivity index (χ1v) is 6.23. The molecule has 0 aromatic heterocycles. The number of ether oxygens (including phenoxy) is 1. The van der Waals surface area contributed by atoms with Crippen molar-refractivity contribution in [2.75, 3.05) is 6.61 Å². The van der Waals surface area contributed by atoms with E-state index >= 15 is 0 Å². The van der Waals surface area contributed by atoms with Gasteiger partial charge in [-0.3, -0.25) is 4.79 Å². The van der Waals surface area contributed by atoms with Gasteiger partial charge in [-0.05, 0) is 57.8 Å². The average Bonchev–Trinajstić information content (AvgIpc) is 2.16. The molecule has 0 heterocycles. The van der Waals surface area contributed by atoms with Crippen molar-refractivity contribution in [3.63, 3.8) is 0 Å². The Hall–Kier alpha value is -0.550. The standard InChI is InChI=1S/C11H12Br2O3/c1-11(2,10(14)15)6-16-9-7(12)4-3-5-8(9)13/h3-5H,6H2,1-2H3,(H,14,15). The minimum absolute atomic E-state index is 0.115. The highest BCUT2D eigenvalue weighted by molar-refractivity contribution is 9.11. The minimum atomic E-state index is -0.908. The molecule has 1 N–H and O–H groups in total. The van der Waals surface area contributed by atoms with Gasteiger partial charge in [-0.1, -0.05) is 6.07 Å². The fourth-order valence-corrected chi connectivity index (χ4v) is 2.16. The van der Waals surface area contributed by atoms with Crippen LogP contribution in [0.4, 0.5) is 0 Å². The van der Waals surface area contributed by atoms with Crippen molar-refractivity contribution >= 4 is 37.8 Å². The third-order valence-electron chi connectivity index (χ3n) is 2.08. The Balaban J connectivity index is 2.79. The maximum absolute atomic E-state index is 10.9. The van der Waals surface area contributed by atoms with E-state index in [1.54, 1.807) is 13.8 Å². The van der Waals surface area contributed by atoms with E-state index in [1.807, 2.05) is 18.2 Å². The van der Waals surface area contributed by atoms with E-state index in [0.717, 1.165) is 8.95 Å². The molecule has 88 valence electrons. The predicted octanol–water partition coefficient (Wildman–Crippen LogP) is 3.70. The van der Waals surface area contributed by atoms with Crippen molar-refractivity contribution in [2.45, 2.75) is 13.8 Å². The third kappa shape index (κ3) is 3.22. The molecule has 1 aromatic rings. The van der Waals surface area contributed by atoms with E-state index in [9.17, 15) is 4.79 Å². The van der Waals surface area contributed by atoms with Crippen molar-refractivity contribution in [3.05, 3.63) is 27.1 Å². The fourth-order valence-electron chi connectivity index (χ4n) is 0.935. The zero-order chi connectivity index (χ0) is 12.3. The van der Waals surface area contributed by atoms with Crippen LogP contribution in [-0.4, -0.2) is 17.7 Å². The lowest BCUT2D eigenvalue weighted by Gasteiger charge is -2.20. The molecule has 0 atom stereocenters. The van der Waals surface area contributed by atoms with Gasteiger partial charge in [0.05, 0.1) is 14.4 Å². The molecule has 0 aliphatic rings. The molecule has 0 amide bonds. The molecule has 0 saturated heterocycles. The summed E-state index contributed by atoms with van der Waals surface area (Å²) in [5.74, 6) is -0.257. The van der Waals surface area contributed by atoms with E-state index in [4.69, 9.17) is 9.84 Å². The van der Waals surface area contributed by atoms with Crippen molar-refractivity contribution in [2.24, 2.45) is 5.41 Å². The molecule has 16 heavy (non-hydrogen) atoms. The molecule has 0 unspecified atom stereocenters. The van der Waals surface area contributed by atoms with Crippen molar-refractivity contribution in [1.29, 1.82) is 0 Å². The van der Waals surface area contributed by atoms with Crippen molar-refractivity contribution in [1.82, 2.24) is 0 Å². The van der Waals surface area contributed by atoms with Crippen LogP contribution in [0, 0.1) is 5.41 Å². The average molecular weight is 352 g/mol. The summed E-state index contributed by atoms with van der Waals surface area (Å²) in [7, 11) is 0. The van der Waals surface area contributed by atoms with Crippen molar-refractivity contribution < 1.29 is 14.6 Å². The maximum atomic E-state index is 10.9. The molecule has 0 aliphatic carbocycles. The van der Waals surface area contributed by atoms with Gasteiger partial charge in [0.15, 0.2) is 0 Å². The number of hydrogen-bond donors (Lipinski definition) is 1. The minimum Gasteiger partial charge on any atom is -0.490 e. The van der Waals surface area contributed by atoms with E-state index in [1.165, 1.54) is 0 Å². The van der Waals surface area contributed by atoms with Crippen LogP contribution in [0.25, 0.3) is 0 Å². The van der Waals surface area contributed by atoms with Gasteiger partial charge < -0.3 is 9.84 Å². The molecular weight excluding hydrogens is 340 g/mol. The first-order chi connectivity index (χ1) is 7.34. The Morgan fingerprint density at radius 2 is 1.88 bits per heavy atom. The number of benzene rings is 1. The van der Waals surface area contributed by atoms with Crippen LogP contribution in [0.1, 0.15) is 13.8 Å². The van der Waals surface area contributed by atoms with Crippen LogP contribution in [0.3, 0.4) is 0 Å². The number of aliphatic carboxylic acids is 1. The number of carbonyl (C=O) groups is 1. The summed E-state index contributed by atoms with van der Waals surface area (Å²) in [5.41, 5.74) is -0.908. The highest BCUT2D eigenvalue weighted by Gasteiger charge is 2.28. The zero-order valence-electron chi connectivity index (χ0n) is 8.96. The monoisotopic (exact) mass is 350 g/mol. The van der Waals surface area contributed by atoms with Crippen LogP contribution < -0.4 is 4.74 Å². The van der Waals surface area contributed by atoms with Gasteiger partial charge >= 0.3 is 5.97 Å². The van der Waals surface area contributed by atoms with Crippen LogP contribution >= 0.6 is 31.9 Å². The summed E-state index contributed by atoms with van der Waals surface area (Å²) in [6, 6.07) is 5.55. The normalized spacial score (nSPS) is 11.2. The molecule has 0 fully saturated rings. The molecule has 3 nitrogen and oxygen atoms in total. The number of carboxylic acids is 1. The summed E-state index contributed by atoms with van der Waals surface area (Å²) >= 11 is 6.70. The molecule has 0 aliphatic heterocycles. The van der Waals surface area contributed by atoms with E-state index < -0.39 is 11.4 Å². The molecule has 5 heteroatoms. The second-order valence-electron chi connectivity index (χ2n) is 4.03. The lowest BCUT2D eigenvalue weighted by molar-refractivity contribution is -0.148. The lowest BCUT2D eigenvalue weighted by Crippen LogP contribution is -2.30. The highest BCUT2D eigenvalue weighted by Crippen LogP contribution is 2.34. The maximum Gasteiger partial charge on any atom is 0.312 e. The van der Waals surface area contributed by atoms with Gasteiger partial charge in [0.2, 0.25) is 0 Å². The topological polar surface area (TPSA) is 46.5 Å². The van der Waals surface area contributed by atoms with Crippen LogP contribution in [0.15, 0.2) is 27.1 Å². The highest BCUT2D eigenvalue weighted by atomic mass is 79.9. The number of carboxylic acid groups (broad SMARTS) is 1. The van der Waals surface area contributed by atoms with Crippen LogP contribution in [0.2, 0.25) is 0 Å². The third-order valence-corrected chi connectivity index (χ3v) is 3.32.